The van der Waals surface area contributed by atoms with Gasteiger partial charge in [0.2, 0.25) is 0 Å². The summed E-state index contributed by atoms with van der Waals surface area (Å²) in [6.45, 7) is 2.63. The second-order valence-corrected chi connectivity index (χ2v) is 5.49. The second-order valence-electron chi connectivity index (χ2n) is 5.49. The number of likely N-dealkylation sites (N-methyl/N-ethyl adjacent to an activating group) is 1. The minimum atomic E-state index is -0.402. The maximum absolute atomic E-state index is 12.8. The molecule has 4 nitrogen and oxygen atoms in total. The number of rotatable bonds is 2. The summed E-state index contributed by atoms with van der Waals surface area (Å²) in [5.41, 5.74) is 1.09. The fraction of sp³-hybridized carbons (Fsp3) is 0.467. The summed E-state index contributed by atoms with van der Waals surface area (Å²) in [7, 11) is 7.56. The van der Waals surface area contributed by atoms with E-state index in [0.29, 0.717) is 24.0 Å². The highest BCUT2D eigenvalue weighted by molar-refractivity contribution is 6.19. The Morgan fingerprint density at radius 3 is 2.20 bits per heavy atom. The molecule has 0 spiro atoms. The normalized spacial score (nSPS) is 30.4. The zero-order valence-corrected chi connectivity index (χ0v) is 11.7. The van der Waals surface area contributed by atoms with E-state index in [-0.39, 0.29) is 23.8 Å². The van der Waals surface area contributed by atoms with Crippen molar-refractivity contribution in [3.05, 3.63) is 35.4 Å². The highest BCUT2D eigenvalue weighted by Crippen LogP contribution is 2.34. The zero-order chi connectivity index (χ0) is 14.4. The number of nitrogens with zero attached hydrogens (tertiary/aromatic N) is 2. The summed E-state index contributed by atoms with van der Waals surface area (Å²) in [6.07, 6.45) is 0.514. The topological polar surface area (TPSA) is 40.6 Å². The third-order valence-electron chi connectivity index (χ3n) is 4.55. The standard InChI is InChI=1S/C15H17BN2O2/c1-9-17(2)12-13(18(9)8-7-16)15(20)11-6-4-3-5-10(11)14(12)19/h3-6,9,12-13H,7-8H2,1-2H3. The maximum Gasteiger partial charge on any atom is 0.182 e. The molecule has 0 bridgehead atoms. The van der Waals surface area contributed by atoms with E-state index in [1.54, 1.807) is 24.3 Å². The van der Waals surface area contributed by atoms with Crippen LogP contribution in [0, 0.1) is 0 Å². The third-order valence-corrected chi connectivity index (χ3v) is 4.55. The summed E-state index contributed by atoms with van der Waals surface area (Å²) >= 11 is 0. The van der Waals surface area contributed by atoms with Gasteiger partial charge in [-0.05, 0) is 20.5 Å². The Bertz CT molecular complexity index is 575. The van der Waals surface area contributed by atoms with Crippen LogP contribution in [0.1, 0.15) is 27.6 Å². The molecule has 1 aliphatic carbocycles. The van der Waals surface area contributed by atoms with Gasteiger partial charge in [0.05, 0.1) is 26.1 Å². The van der Waals surface area contributed by atoms with Crippen LogP contribution in [-0.4, -0.2) is 61.1 Å². The van der Waals surface area contributed by atoms with E-state index >= 15 is 0 Å². The van der Waals surface area contributed by atoms with Gasteiger partial charge in [0.25, 0.3) is 0 Å². The summed E-state index contributed by atoms with van der Waals surface area (Å²) in [5.74, 6) is 0.0777. The lowest BCUT2D eigenvalue weighted by atomic mass is 9.82. The summed E-state index contributed by atoms with van der Waals surface area (Å²) in [5, 5.41) is 0. The summed E-state index contributed by atoms with van der Waals surface area (Å²) < 4.78 is 0. The predicted octanol–water partition coefficient (Wildman–Crippen LogP) is 0.983. The van der Waals surface area contributed by atoms with Crippen LogP contribution >= 0.6 is 0 Å². The van der Waals surface area contributed by atoms with Crippen LogP contribution in [0.3, 0.4) is 0 Å². The Kier molecular flexibility index (Phi) is 3.26. The third kappa shape index (κ3) is 1.70. The molecule has 2 aliphatic rings. The molecule has 5 heteroatoms. The smallest absolute Gasteiger partial charge is 0.182 e. The van der Waals surface area contributed by atoms with Crippen molar-refractivity contribution >= 4 is 19.4 Å². The molecule has 1 aromatic rings. The average Bonchev–Trinajstić information content (AvgIpc) is 2.71. The number of benzene rings is 1. The van der Waals surface area contributed by atoms with Crippen LogP contribution in [0.4, 0.5) is 0 Å². The largest absolute Gasteiger partial charge is 0.292 e. The highest BCUT2D eigenvalue weighted by atomic mass is 16.1. The Labute approximate surface area is 120 Å². The van der Waals surface area contributed by atoms with Crippen molar-refractivity contribution in [2.45, 2.75) is 31.5 Å². The van der Waals surface area contributed by atoms with E-state index in [1.807, 2.05) is 23.8 Å². The lowest BCUT2D eigenvalue weighted by Crippen LogP contribution is -2.51. The van der Waals surface area contributed by atoms with Crippen molar-refractivity contribution < 1.29 is 9.59 Å². The SMILES string of the molecule is [B]CCN1C2C(=O)c3ccccc3C(=O)C2N(C)C1C. The molecular formula is C15H17BN2O2. The van der Waals surface area contributed by atoms with Gasteiger partial charge < -0.3 is 0 Å². The number of Topliss-reactive ketones (excluding diaryl/α,β-unsaturated/α-hetero) is 2. The first kappa shape index (κ1) is 13.5. The van der Waals surface area contributed by atoms with E-state index < -0.39 is 6.04 Å². The summed E-state index contributed by atoms with van der Waals surface area (Å²) in [4.78, 5) is 29.5. The molecule has 20 heavy (non-hydrogen) atoms. The summed E-state index contributed by atoms with van der Waals surface area (Å²) in [6, 6.07) is 6.31. The van der Waals surface area contributed by atoms with Gasteiger partial charge in [-0.1, -0.05) is 30.6 Å². The molecule has 0 aromatic heterocycles. The maximum atomic E-state index is 12.8. The van der Waals surface area contributed by atoms with Crippen molar-refractivity contribution in [3.8, 4) is 0 Å². The van der Waals surface area contributed by atoms with E-state index in [1.165, 1.54) is 0 Å². The van der Waals surface area contributed by atoms with Crippen molar-refractivity contribution in [3.63, 3.8) is 0 Å². The number of hydrogen-bond donors (Lipinski definition) is 0. The number of carbonyl (C=O) groups excluding carboxylic acids is 2. The first-order valence-corrected chi connectivity index (χ1v) is 6.93. The molecule has 3 atom stereocenters. The van der Waals surface area contributed by atoms with Crippen LogP contribution in [-0.2, 0) is 0 Å². The lowest BCUT2D eigenvalue weighted by Gasteiger charge is -2.30. The van der Waals surface area contributed by atoms with Gasteiger partial charge in [-0.25, -0.2) is 0 Å². The number of fused-ring (bicyclic) bond motifs is 2. The first-order chi connectivity index (χ1) is 9.57. The molecular weight excluding hydrogens is 251 g/mol. The highest BCUT2D eigenvalue weighted by Gasteiger charge is 2.53. The van der Waals surface area contributed by atoms with Crippen LogP contribution in [0.2, 0.25) is 6.32 Å². The van der Waals surface area contributed by atoms with Crippen LogP contribution in [0.25, 0.3) is 0 Å². The molecule has 1 aromatic carbocycles. The van der Waals surface area contributed by atoms with E-state index in [2.05, 4.69) is 0 Å². The van der Waals surface area contributed by atoms with Crippen molar-refractivity contribution in [1.82, 2.24) is 9.80 Å². The van der Waals surface area contributed by atoms with E-state index in [0.717, 1.165) is 0 Å². The number of hydrogen-bond acceptors (Lipinski definition) is 4. The van der Waals surface area contributed by atoms with E-state index in [9.17, 15) is 9.59 Å². The van der Waals surface area contributed by atoms with Crippen molar-refractivity contribution in [2.24, 2.45) is 0 Å². The molecule has 3 unspecified atom stereocenters. The lowest BCUT2D eigenvalue weighted by molar-refractivity contribution is 0.0749. The fourth-order valence-electron chi connectivity index (χ4n) is 3.43. The van der Waals surface area contributed by atoms with Crippen molar-refractivity contribution in [2.75, 3.05) is 13.6 Å². The molecule has 1 fully saturated rings. The molecule has 1 saturated heterocycles. The molecule has 0 amide bonds. The molecule has 3 rings (SSSR count). The predicted molar refractivity (Wildman–Crippen MR) is 77.2 cm³/mol. The van der Waals surface area contributed by atoms with Gasteiger partial charge >= 0.3 is 0 Å². The molecule has 102 valence electrons. The van der Waals surface area contributed by atoms with Crippen LogP contribution in [0.15, 0.2) is 24.3 Å². The first-order valence-electron chi connectivity index (χ1n) is 6.93. The molecule has 2 radical (unpaired) electrons. The Morgan fingerprint density at radius 1 is 1.10 bits per heavy atom. The Hall–Kier alpha value is -1.46. The average molecular weight is 268 g/mol. The van der Waals surface area contributed by atoms with Gasteiger partial charge in [0.1, 0.15) is 0 Å². The quantitative estimate of drug-likeness (QED) is 0.750. The Balaban J connectivity index is 2.10. The number of carbonyl (C=O) groups is 2. The van der Waals surface area contributed by atoms with Crippen LogP contribution in [0.5, 0.6) is 0 Å². The van der Waals surface area contributed by atoms with Gasteiger partial charge in [0.15, 0.2) is 11.6 Å². The molecule has 1 heterocycles. The molecule has 1 aliphatic heterocycles. The van der Waals surface area contributed by atoms with Gasteiger partial charge in [-0.2, -0.15) is 0 Å². The minimum Gasteiger partial charge on any atom is -0.292 e. The minimum absolute atomic E-state index is 0.0369. The second kappa shape index (κ2) is 4.83. The fourth-order valence-corrected chi connectivity index (χ4v) is 3.43. The van der Waals surface area contributed by atoms with Gasteiger partial charge in [0, 0.05) is 11.1 Å². The monoisotopic (exact) mass is 268 g/mol. The molecule has 0 N–H and O–H groups in total. The Morgan fingerprint density at radius 2 is 1.65 bits per heavy atom. The zero-order valence-electron chi connectivity index (χ0n) is 11.7. The van der Waals surface area contributed by atoms with Crippen molar-refractivity contribution in [1.29, 1.82) is 0 Å². The molecule has 0 saturated carbocycles. The van der Waals surface area contributed by atoms with Gasteiger partial charge in [-0.15, -0.1) is 0 Å². The van der Waals surface area contributed by atoms with E-state index in [4.69, 9.17) is 7.85 Å². The van der Waals surface area contributed by atoms with Crippen LogP contribution < -0.4 is 0 Å². The van der Waals surface area contributed by atoms with Gasteiger partial charge in [-0.3, -0.25) is 19.4 Å². The number of ketones is 2.